The van der Waals surface area contributed by atoms with Crippen LogP contribution in [0.3, 0.4) is 0 Å². The van der Waals surface area contributed by atoms with Gasteiger partial charge >= 0.3 is 0 Å². The Morgan fingerprint density at radius 1 is 1.09 bits per heavy atom. The highest BCUT2D eigenvalue weighted by molar-refractivity contribution is 8.14. The zero-order valence-electron chi connectivity index (χ0n) is 13.5. The third kappa shape index (κ3) is 3.62. The second kappa shape index (κ2) is 6.54. The molecule has 118 valence electrons. The first kappa shape index (κ1) is 15.7. The second-order valence-electron chi connectivity index (χ2n) is 5.93. The van der Waals surface area contributed by atoms with Crippen molar-refractivity contribution < 1.29 is 0 Å². The Balaban J connectivity index is 1.91. The van der Waals surface area contributed by atoms with Crippen LogP contribution in [0.4, 0.5) is 0 Å². The molecule has 1 aromatic heterocycles. The molecule has 5 heteroatoms. The summed E-state index contributed by atoms with van der Waals surface area (Å²) in [6, 6.07) is 8.29. The molecule has 1 aromatic carbocycles. The smallest absolute Gasteiger partial charge is 0.160 e. The van der Waals surface area contributed by atoms with Crippen LogP contribution in [0.15, 0.2) is 47.7 Å². The maximum Gasteiger partial charge on any atom is 0.160 e. The summed E-state index contributed by atoms with van der Waals surface area (Å²) in [7, 11) is 0. The summed E-state index contributed by atoms with van der Waals surface area (Å²) < 4.78 is 0. The lowest BCUT2D eigenvalue weighted by molar-refractivity contribution is 0.803. The van der Waals surface area contributed by atoms with Crippen molar-refractivity contribution in [1.82, 2.24) is 9.97 Å². The number of hydrogen-bond acceptors (Lipinski definition) is 5. The Morgan fingerprint density at radius 2 is 1.83 bits per heavy atom. The summed E-state index contributed by atoms with van der Waals surface area (Å²) in [5.41, 5.74) is 11.1. The number of aromatic nitrogens is 2. The number of hydrogen-bond donors (Lipinski definition) is 1. The number of thioether (sulfide) groups is 1. The SMILES string of the molecule is Cc1ccc(C2=CC(c3cnc(C(C)C)cn3)SC(N)=N2)cc1. The number of benzene rings is 1. The summed E-state index contributed by atoms with van der Waals surface area (Å²) in [5.74, 6) is 0.376. The fraction of sp³-hybridized carbons (Fsp3) is 0.278. The van der Waals surface area contributed by atoms with Crippen LogP contribution < -0.4 is 5.73 Å². The first-order valence-corrected chi connectivity index (χ1v) is 8.52. The molecule has 1 atom stereocenters. The fourth-order valence-corrected chi connectivity index (χ4v) is 3.16. The minimum absolute atomic E-state index is 0.0394. The molecule has 0 saturated carbocycles. The van der Waals surface area contributed by atoms with E-state index in [-0.39, 0.29) is 5.25 Å². The van der Waals surface area contributed by atoms with E-state index in [9.17, 15) is 0 Å². The van der Waals surface area contributed by atoms with E-state index in [4.69, 9.17) is 5.73 Å². The second-order valence-corrected chi connectivity index (χ2v) is 7.09. The molecule has 0 bridgehead atoms. The van der Waals surface area contributed by atoms with Crippen LogP contribution in [-0.2, 0) is 0 Å². The first-order valence-electron chi connectivity index (χ1n) is 7.64. The Morgan fingerprint density at radius 3 is 2.43 bits per heavy atom. The van der Waals surface area contributed by atoms with Gasteiger partial charge in [-0.15, -0.1) is 0 Å². The van der Waals surface area contributed by atoms with Gasteiger partial charge in [-0.1, -0.05) is 55.4 Å². The van der Waals surface area contributed by atoms with Crippen LogP contribution in [0.1, 0.15) is 47.5 Å². The average Bonchev–Trinajstić information content (AvgIpc) is 2.55. The van der Waals surface area contributed by atoms with Crippen LogP contribution in [0.25, 0.3) is 5.70 Å². The van der Waals surface area contributed by atoms with Crippen molar-refractivity contribution in [3.8, 4) is 0 Å². The Hall–Kier alpha value is -2.14. The zero-order chi connectivity index (χ0) is 16.4. The van der Waals surface area contributed by atoms with Gasteiger partial charge in [0.1, 0.15) is 0 Å². The predicted octanol–water partition coefficient (Wildman–Crippen LogP) is 4.05. The van der Waals surface area contributed by atoms with Crippen molar-refractivity contribution in [2.24, 2.45) is 10.7 Å². The molecule has 1 aliphatic rings. The molecule has 0 saturated heterocycles. The van der Waals surface area contributed by atoms with Gasteiger partial charge in [-0.05, 0) is 24.5 Å². The van der Waals surface area contributed by atoms with Crippen LogP contribution in [-0.4, -0.2) is 15.1 Å². The maximum atomic E-state index is 6.02. The van der Waals surface area contributed by atoms with Gasteiger partial charge in [0.05, 0.1) is 28.5 Å². The number of amidine groups is 1. The molecular formula is C18H20N4S. The Labute approximate surface area is 141 Å². The topological polar surface area (TPSA) is 64.2 Å². The highest BCUT2D eigenvalue weighted by Gasteiger charge is 2.20. The molecule has 1 unspecified atom stereocenters. The van der Waals surface area contributed by atoms with E-state index >= 15 is 0 Å². The van der Waals surface area contributed by atoms with Crippen LogP contribution in [0.2, 0.25) is 0 Å². The van der Waals surface area contributed by atoms with Crippen LogP contribution in [0.5, 0.6) is 0 Å². The fourth-order valence-electron chi connectivity index (χ4n) is 2.31. The van der Waals surface area contributed by atoms with Crippen molar-refractivity contribution in [3.05, 3.63) is 65.2 Å². The molecule has 1 aliphatic heterocycles. The summed E-state index contributed by atoms with van der Waals surface area (Å²) in [6.45, 7) is 6.29. The van der Waals surface area contributed by atoms with E-state index in [2.05, 4.69) is 66.1 Å². The molecule has 0 spiro atoms. The summed E-state index contributed by atoms with van der Waals surface area (Å²) >= 11 is 1.50. The average molecular weight is 324 g/mol. The summed E-state index contributed by atoms with van der Waals surface area (Å²) in [6.07, 6.45) is 5.79. The van der Waals surface area contributed by atoms with Crippen LogP contribution in [0, 0.1) is 6.92 Å². The minimum Gasteiger partial charge on any atom is -0.378 e. The van der Waals surface area contributed by atoms with Crippen LogP contribution >= 0.6 is 11.8 Å². The molecule has 2 N–H and O–H groups in total. The zero-order valence-corrected chi connectivity index (χ0v) is 14.3. The molecule has 2 heterocycles. The van der Waals surface area contributed by atoms with E-state index < -0.39 is 0 Å². The highest BCUT2D eigenvalue weighted by Crippen LogP contribution is 2.36. The van der Waals surface area contributed by atoms with E-state index in [1.807, 2.05) is 12.4 Å². The molecular weight excluding hydrogens is 304 g/mol. The highest BCUT2D eigenvalue weighted by atomic mass is 32.2. The van der Waals surface area contributed by atoms with E-state index in [0.29, 0.717) is 11.1 Å². The van der Waals surface area contributed by atoms with Gasteiger partial charge in [-0.25, -0.2) is 4.99 Å². The normalized spacial score (nSPS) is 17.8. The Bertz CT molecular complexity index is 746. The minimum atomic E-state index is 0.0394. The lowest BCUT2D eigenvalue weighted by Gasteiger charge is -2.18. The molecule has 0 radical (unpaired) electrons. The van der Waals surface area contributed by atoms with E-state index in [1.165, 1.54) is 17.3 Å². The van der Waals surface area contributed by atoms with Gasteiger partial charge in [0.15, 0.2) is 5.17 Å². The van der Waals surface area contributed by atoms with Gasteiger partial charge in [-0.2, -0.15) is 0 Å². The summed E-state index contributed by atoms with van der Waals surface area (Å²) in [4.78, 5) is 13.5. The quantitative estimate of drug-likeness (QED) is 0.925. The van der Waals surface area contributed by atoms with Crippen molar-refractivity contribution in [2.45, 2.75) is 31.9 Å². The number of aryl methyl sites for hydroxylation is 1. The summed E-state index contributed by atoms with van der Waals surface area (Å²) in [5, 5.41) is 0.598. The van der Waals surface area contributed by atoms with Crippen molar-refractivity contribution in [3.63, 3.8) is 0 Å². The standard InChI is InChI=1S/C18H20N4S/c1-11(2)15-9-21-16(10-20-15)17-8-14(22-18(19)23-17)13-6-4-12(3)5-7-13/h4-11,17H,1-3H3,(H2,19,22). The van der Waals surface area contributed by atoms with E-state index in [1.54, 1.807) is 0 Å². The van der Waals surface area contributed by atoms with Gasteiger partial charge in [0.25, 0.3) is 0 Å². The molecule has 2 aromatic rings. The molecule has 23 heavy (non-hydrogen) atoms. The third-order valence-electron chi connectivity index (χ3n) is 3.71. The first-order chi connectivity index (χ1) is 11.0. The predicted molar refractivity (Wildman–Crippen MR) is 97.2 cm³/mol. The lowest BCUT2D eigenvalue weighted by Crippen LogP contribution is -2.14. The molecule has 4 nitrogen and oxygen atoms in total. The number of rotatable bonds is 3. The monoisotopic (exact) mass is 324 g/mol. The van der Waals surface area contributed by atoms with Crippen molar-refractivity contribution in [1.29, 1.82) is 0 Å². The number of aliphatic imine (C=N–C) groups is 1. The van der Waals surface area contributed by atoms with Crippen molar-refractivity contribution in [2.75, 3.05) is 0 Å². The third-order valence-corrected chi connectivity index (χ3v) is 4.67. The Kier molecular flexibility index (Phi) is 4.48. The molecule has 0 aliphatic carbocycles. The molecule has 3 rings (SSSR count). The molecule has 0 amide bonds. The van der Waals surface area contributed by atoms with Gasteiger partial charge in [-0.3, -0.25) is 9.97 Å². The molecule has 0 fully saturated rings. The van der Waals surface area contributed by atoms with E-state index in [0.717, 1.165) is 22.6 Å². The lowest BCUT2D eigenvalue weighted by atomic mass is 10.1. The largest absolute Gasteiger partial charge is 0.378 e. The van der Waals surface area contributed by atoms with Gasteiger partial charge < -0.3 is 5.73 Å². The number of nitrogens with two attached hydrogens (primary N) is 1. The number of nitrogens with zero attached hydrogens (tertiary/aromatic N) is 3. The van der Waals surface area contributed by atoms with Gasteiger partial charge in [0.2, 0.25) is 0 Å². The maximum absolute atomic E-state index is 6.02. The van der Waals surface area contributed by atoms with Crippen molar-refractivity contribution >= 4 is 22.6 Å². The van der Waals surface area contributed by atoms with Gasteiger partial charge in [0, 0.05) is 6.20 Å².